The minimum atomic E-state index is -4.85. The predicted molar refractivity (Wildman–Crippen MR) is 145 cm³/mol. The van der Waals surface area contributed by atoms with E-state index in [1.165, 1.54) is 43.0 Å². The Morgan fingerprint density at radius 2 is 1.73 bits per heavy atom. The van der Waals surface area contributed by atoms with Gasteiger partial charge in [0, 0.05) is 18.7 Å². The summed E-state index contributed by atoms with van der Waals surface area (Å²) in [5.74, 6) is -2.69. The molecule has 0 unspecified atom stereocenters. The zero-order chi connectivity index (χ0) is 30.5. The van der Waals surface area contributed by atoms with Crippen LogP contribution in [0.1, 0.15) is 67.4 Å². The lowest BCUT2D eigenvalue weighted by molar-refractivity contribution is -0.137. The Hall–Kier alpha value is -4.09. The molecule has 3 amide bonds. The van der Waals surface area contributed by atoms with Gasteiger partial charge in [-0.05, 0) is 75.3 Å². The normalized spacial score (nSPS) is 14.7. The van der Waals surface area contributed by atoms with Gasteiger partial charge in [0.05, 0.1) is 28.4 Å². The van der Waals surface area contributed by atoms with E-state index in [2.05, 4.69) is 5.32 Å². The van der Waals surface area contributed by atoms with Crippen LogP contribution in [0.3, 0.4) is 0 Å². The second-order valence-electron chi connectivity index (χ2n) is 9.78. The number of unbranched alkanes of at least 4 members (excludes halogenated alkanes) is 3. The molecule has 9 nitrogen and oxygen atoms in total. The number of nitrogens with zero attached hydrogens (tertiary/aromatic N) is 3. The van der Waals surface area contributed by atoms with Crippen LogP contribution in [0.25, 0.3) is 0 Å². The van der Waals surface area contributed by atoms with Gasteiger partial charge in [0.2, 0.25) is 5.91 Å². The lowest BCUT2D eigenvalue weighted by Gasteiger charge is -2.29. The van der Waals surface area contributed by atoms with Crippen molar-refractivity contribution in [1.82, 2.24) is 10.8 Å². The van der Waals surface area contributed by atoms with Gasteiger partial charge in [-0.3, -0.25) is 24.5 Å². The number of hydrogen-bond donors (Lipinski definition) is 3. The number of alkyl halides is 3. The van der Waals surface area contributed by atoms with Crippen molar-refractivity contribution in [2.45, 2.75) is 57.7 Å². The Morgan fingerprint density at radius 1 is 1.07 bits per heavy atom. The largest absolute Gasteiger partial charge is 0.417 e. The van der Waals surface area contributed by atoms with Crippen molar-refractivity contribution in [3.05, 3.63) is 58.9 Å². The van der Waals surface area contributed by atoms with Gasteiger partial charge in [-0.25, -0.2) is 9.87 Å². The van der Waals surface area contributed by atoms with Crippen molar-refractivity contribution in [2.75, 3.05) is 16.3 Å². The second-order valence-corrected chi connectivity index (χ2v) is 10.1. The first-order valence-corrected chi connectivity index (χ1v) is 13.0. The third kappa shape index (κ3) is 6.80. The average Bonchev–Trinajstić information content (AvgIpc) is 3.09. The Morgan fingerprint density at radius 3 is 2.34 bits per heavy atom. The summed E-state index contributed by atoms with van der Waals surface area (Å²) in [4.78, 5) is 39.0. The van der Waals surface area contributed by atoms with E-state index in [-0.39, 0.29) is 35.0 Å². The average molecular weight is 594 g/mol. The molecule has 3 rings (SSSR count). The van der Waals surface area contributed by atoms with Crippen LogP contribution in [0.5, 0.6) is 0 Å². The van der Waals surface area contributed by atoms with E-state index >= 15 is 4.39 Å². The van der Waals surface area contributed by atoms with Crippen molar-refractivity contribution in [2.24, 2.45) is 0 Å². The van der Waals surface area contributed by atoms with E-state index in [0.717, 1.165) is 17.0 Å². The van der Waals surface area contributed by atoms with Gasteiger partial charge in [0.15, 0.2) is 5.11 Å². The van der Waals surface area contributed by atoms with Crippen LogP contribution < -0.4 is 20.6 Å². The maximum absolute atomic E-state index is 15.1. The van der Waals surface area contributed by atoms with Crippen molar-refractivity contribution < 1.29 is 37.2 Å². The van der Waals surface area contributed by atoms with E-state index in [4.69, 9.17) is 22.7 Å². The fourth-order valence-corrected chi connectivity index (χ4v) is 4.93. The van der Waals surface area contributed by atoms with Crippen molar-refractivity contribution in [3.8, 4) is 6.07 Å². The number of hydrogen-bond acceptors (Lipinski definition) is 6. The molecule has 0 aromatic heterocycles. The second kappa shape index (κ2) is 12.6. The topological polar surface area (TPSA) is 126 Å². The van der Waals surface area contributed by atoms with Crippen LogP contribution in [0.15, 0.2) is 36.4 Å². The van der Waals surface area contributed by atoms with Crippen LogP contribution in [0, 0.1) is 17.1 Å². The number of hydroxylamine groups is 1. The number of thiocarbonyl (C=S) groups is 1. The monoisotopic (exact) mass is 593 g/mol. The molecule has 218 valence electrons. The summed E-state index contributed by atoms with van der Waals surface area (Å²) in [6, 6.07) is 7.91. The Bertz CT molecular complexity index is 1410. The maximum Gasteiger partial charge on any atom is 0.417 e. The van der Waals surface area contributed by atoms with Crippen LogP contribution in [-0.2, 0) is 15.8 Å². The minimum Gasteiger partial charge on any atom is -0.352 e. The van der Waals surface area contributed by atoms with Gasteiger partial charge < -0.3 is 10.2 Å². The number of carbonyl (C=O) groups excluding carboxylic acids is 3. The molecule has 0 bridgehead atoms. The zero-order valence-electron chi connectivity index (χ0n) is 22.1. The molecule has 1 saturated heterocycles. The number of halogens is 4. The summed E-state index contributed by atoms with van der Waals surface area (Å²) in [5.41, 5.74) is -2.04. The van der Waals surface area contributed by atoms with Gasteiger partial charge in [0.25, 0.3) is 11.8 Å². The number of carbonyl (C=O) groups is 3. The van der Waals surface area contributed by atoms with Gasteiger partial charge in [-0.15, -0.1) is 0 Å². The number of rotatable bonds is 10. The molecule has 2 aromatic carbocycles. The van der Waals surface area contributed by atoms with E-state index in [1.54, 1.807) is 5.48 Å². The molecule has 0 spiro atoms. The fraction of sp³-hybridized carbons (Fsp3) is 0.370. The molecule has 0 atom stereocenters. The molecule has 1 heterocycles. The summed E-state index contributed by atoms with van der Waals surface area (Å²) in [7, 11) is 0. The molecule has 1 fully saturated rings. The van der Waals surface area contributed by atoms with E-state index < -0.39 is 46.4 Å². The third-order valence-electron chi connectivity index (χ3n) is 6.55. The Kier molecular flexibility index (Phi) is 9.67. The molecule has 41 heavy (non-hydrogen) atoms. The van der Waals surface area contributed by atoms with Crippen LogP contribution in [0.2, 0.25) is 0 Å². The first-order chi connectivity index (χ1) is 19.2. The first-order valence-electron chi connectivity index (χ1n) is 12.5. The van der Waals surface area contributed by atoms with Crippen LogP contribution >= 0.6 is 12.2 Å². The van der Waals surface area contributed by atoms with E-state index in [0.29, 0.717) is 31.7 Å². The summed E-state index contributed by atoms with van der Waals surface area (Å²) in [6.45, 7) is 3.22. The highest BCUT2D eigenvalue weighted by Gasteiger charge is 2.51. The van der Waals surface area contributed by atoms with Crippen LogP contribution in [-0.4, -0.2) is 40.1 Å². The summed E-state index contributed by atoms with van der Waals surface area (Å²) >= 11 is 5.45. The standard InChI is InChI=1S/C27H27F4N5O4S/c1-26(2)24(39)35(17-9-8-16(15-32)20(13-17)27(29,30)31)25(41)36(26)18-10-11-19(21(28)14-18)23(38)33-12-6-4-3-5-7-22(37)34-40/h8-11,13-14,40H,3-7,12H2,1-2H3,(H,33,38)(H,34,37). The van der Waals surface area contributed by atoms with E-state index in [1.807, 2.05) is 0 Å². The number of anilines is 2. The fourth-order valence-electron chi connectivity index (χ4n) is 4.40. The number of benzene rings is 2. The number of amides is 3. The number of nitrogens with one attached hydrogen (secondary N) is 2. The first kappa shape index (κ1) is 31.4. The van der Waals surface area contributed by atoms with Gasteiger partial charge >= 0.3 is 6.18 Å². The predicted octanol–water partition coefficient (Wildman–Crippen LogP) is 4.82. The SMILES string of the molecule is CC1(C)C(=O)N(c2ccc(C#N)c(C(F)(F)F)c2)C(=S)N1c1ccc(C(=O)NCCCCCCC(=O)NO)c(F)c1. The van der Waals surface area contributed by atoms with Crippen molar-refractivity contribution >= 4 is 46.4 Å². The highest BCUT2D eigenvalue weighted by atomic mass is 32.1. The number of nitriles is 1. The van der Waals surface area contributed by atoms with Gasteiger partial charge in [0.1, 0.15) is 11.4 Å². The lowest BCUT2D eigenvalue weighted by atomic mass is 10.0. The zero-order valence-corrected chi connectivity index (χ0v) is 23.0. The molecular weight excluding hydrogens is 566 g/mol. The summed E-state index contributed by atoms with van der Waals surface area (Å²) in [6.07, 6.45) is -2.10. The van der Waals surface area contributed by atoms with E-state index in [9.17, 15) is 27.6 Å². The van der Waals surface area contributed by atoms with Crippen molar-refractivity contribution in [1.29, 1.82) is 5.26 Å². The van der Waals surface area contributed by atoms with Gasteiger partial charge in [-0.2, -0.15) is 18.4 Å². The van der Waals surface area contributed by atoms with Crippen LogP contribution in [0.4, 0.5) is 28.9 Å². The third-order valence-corrected chi connectivity index (χ3v) is 6.92. The molecule has 14 heteroatoms. The molecule has 0 radical (unpaired) electrons. The molecule has 0 aliphatic carbocycles. The smallest absolute Gasteiger partial charge is 0.352 e. The Balaban J connectivity index is 1.75. The molecular formula is C27H27F4N5O4S. The molecule has 1 aliphatic heterocycles. The quantitative estimate of drug-likeness (QED) is 0.119. The molecule has 0 saturated carbocycles. The minimum absolute atomic E-state index is 0.113. The Labute approximate surface area is 238 Å². The molecule has 1 aliphatic rings. The van der Waals surface area contributed by atoms with Gasteiger partial charge in [-0.1, -0.05) is 12.8 Å². The highest BCUT2D eigenvalue weighted by Crippen LogP contribution is 2.39. The molecule has 3 N–H and O–H groups in total. The lowest BCUT2D eigenvalue weighted by Crippen LogP contribution is -2.44. The summed E-state index contributed by atoms with van der Waals surface area (Å²) < 4.78 is 55.7. The maximum atomic E-state index is 15.1. The summed E-state index contributed by atoms with van der Waals surface area (Å²) in [5, 5.41) is 19.9. The molecule has 2 aromatic rings. The van der Waals surface area contributed by atoms with Crippen molar-refractivity contribution in [3.63, 3.8) is 0 Å². The highest BCUT2D eigenvalue weighted by molar-refractivity contribution is 7.81.